The van der Waals surface area contributed by atoms with Crippen LogP contribution in [0.1, 0.15) is 30.5 Å². The SMILES string of the molecule is [C-]#[N+]C[C@H]1CN(c2nc(OCCN(C)C3CCC3)nc3c2CCN(c2cncc4cccc(Cl)c24)C3)CCN1C(=O)C=C. The molecule has 1 aromatic carbocycles. The Labute approximate surface area is 257 Å². The van der Waals surface area contributed by atoms with Crippen molar-refractivity contribution in [2.45, 2.75) is 44.3 Å². The molecule has 1 saturated heterocycles. The number of rotatable bonds is 9. The molecule has 2 fully saturated rings. The molecular weight excluding hydrogens is 564 g/mol. The molecule has 224 valence electrons. The summed E-state index contributed by atoms with van der Waals surface area (Å²) in [6.07, 6.45) is 9.55. The molecule has 3 aromatic rings. The number of piperazine rings is 1. The Balaban J connectivity index is 1.30. The van der Waals surface area contributed by atoms with Crippen LogP contribution in [0, 0.1) is 6.57 Å². The van der Waals surface area contributed by atoms with Gasteiger partial charge in [0, 0.05) is 61.3 Å². The molecule has 43 heavy (non-hydrogen) atoms. The third-order valence-electron chi connectivity index (χ3n) is 8.99. The van der Waals surface area contributed by atoms with Crippen molar-refractivity contribution < 1.29 is 9.53 Å². The Morgan fingerprint density at radius 2 is 2.09 bits per heavy atom. The molecule has 10 nitrogen and oxygen atoms in total. The zero-order valence-corrected chi connectivity index (χ0v) is 25.3. The highest BCUT2D eigenvalue weighted by Crippen LogP contribution is 2.36. The Hall–Kier alpha value is -3.94. The van der Waals surface area contributed by atoms with Crippen LogP contribution in [0.25, 0.3) is 15.6 Å². The lowest BCUT2D eigenvalue weighted by Gasteiger charge is -2.41. The van der Waals surface area contributed by atoms with Gasteiger partial charge in [0.15, 0.2) is 0 Å². The Morgan fingerprint density at radius 3 is 2.86 bits per heavy atom. The molecule has 11 heteroatoms. The van der Waals surface area contributed by atoms with E-state index in [1.165, 1.54) is 25.3 Å². The normalized spacial score (nSPS) is 18.7. The van der Waals surface area contributed by atoms with E-state index < -0.39 is 0 Å². The van der Waals surface area contributed by atoms with Gasteiger partial charge in [-0.2, -0.15) is 9.97 Å². The largest absolute Gasteiger partial charge is 0.462 e. The Bertz CT molecular complexity index is 1550. The monoisotopic (exact) mass is 600 g/mol. The Kier molecular flexibility index (Phi) is 8.63. The van der Waals surface area contributed by atoms with Crippen molar-refractivity contribution in [3.8, 4) is 6.01 Å². The van der Waals surface area contributed by atoms with Crippen LogP contribution >= 0.6 is 11.6 Å². The number of halogens is 1. The standard InChI is InChI=1S/C32H37ClN8O2/c1-4-29(42)41-14-13-40(20-24(41)18-34-2)31-25-11-12-39(28-19-35-17-22-7-5-10-26(33)30(22)28)21-27(25)36-32(37-31)43-16-15-38(3)23-8-6-9-23/h4-5,7,10,17,19,23-24H,1,6,8-9,11-16,18,20-21H2,3H3/t24-/m0/s1. The van der Waals surface area contributed by atoms with Crippen LogP contribution in [0.3, 0.4) is 0 Å². The fraction of sp³-hybridized carbons (Fsp3) is 0.469. The van der Waals surface area contributed by atoms with Crippen LogP contribution < -0.4 is 14.5 Å². The number of benzene rings is 1. The average molecular weight is 601 g/mol. The first-order chi connectivity index (χ1) is 21.0. The predicted octanol–water partition coefficient (Wildman–Crippen LogP) is 4.23. The number of carbonyl (C=O) groups is 1. The van der Waals surface area contributed by atoms with Gasteiger partial charge in [-0.1, -0.05) is 36.7 Å². The second-order valence-electron chi connectivity index (χ2n) is 11.5. The fourth-order valence-corrected chi connectivity index (χ4v) is 6.62. The third kappa shape index (κ3) is 5.97. The van der Waals surface area contributed by atoms with E-state index in [9.17, 15) is 4.79 Å². The average Bonchev–Trinajstić information content (AvgIpc) is 2.99. The van der Waals surface area contributed by atoms with E-state index in [4.69, 9.17) is 32.9 Å². The van der Waals surface area contributed by atoms with E-state index in [2.05, 4.69) is 38.2 Å². The molecule has 6 rings (SSSR count). The summed E-state index contributed by atoms with van der Waals surface area (Å²) in [7, 11) is 2.15. The highest BCUT2D eigenvalue weighted by molar-refractivity contribution is 6.36. The number of nitrogens with zero attached hydrogens (tertiary/aromatic N) is 8. The summed E-state index contributed by atoms with van der Waals surface area (Å²) in [6, 6.07) is 6.63. The van der Waals surface area contributed by atoms with Gasteiger partial charge in [-0.05, 0) is 38.5 Å². The second-order valence-corrected chi connectivity index (χ2v) is 11.9. The van der Waals surface area contributed by atoms with Gasteiger partial charge in [-0.3, -0.25) is 9.78 Å². The van der Waals surface area contributed by atoms with E-state index in [0.29, 0.717) is 49.9 Å². The van der Waals surface area contributed by atoms with Crippen LogP contribution in [-0.2, 0) is 17.8 Å². The molecule has 0 N–H and O–H groups in total. The maximum Gasteiger partial charge on any atom is 0.318 e. The maximum absolute atomic E-state index is 12.5. The van der Waals surface area contributed by atoms with Crippen molar-refractivity contribution in [2.75, 3.05) is 62.7 Å². The number of likely N-dealkylation sites (N-methyl/N-ethyl adjacent to an activating group) is 1. The van der Waals surface area contributed by atoms with E-state index in [1.807, 2.05) is 30.6 Å². The summed E-state index contributed by atoms with van der Waals surface area (Å²) < 4.78 is 6.21. The lowest BCUT2D eigenvalue weighted by Crippen LogP contribution is -2.56. The first kappa shape index (κ1) is 29.1. The van der Waals surface area contributed by atoms with Gasteiger partial charge in [0.05, 0.1) is 29.1 Å². The van der Waals surface area contributed by atoms with Crippen molar-refractivity contribution in [2.24, 2.45) is 0 Å². The zero-order valence-electron chi connectivity index (χ0n) is 24.6. The van der Waals surface area contributed by atoms with Gasteiger partial charge in [0.1, 0.15) is 18.5 Å². The van der Waals surface area contributed by atoms with Crippen molar-refractivity contribution in [1.29, 1.82) is 0 Å². The smallest absolute Gasteiger partial charge is 0.318 e. The van der Waals surface area contributed by atoms with Gasteiger partial charge in [-0.15, -0.1) is 0 Å². The molecule has 2 aromatic heterocycles. The van der Waals surface area contributed by atoms with Gasteiger partial charge in [-0.25, -0.2) is 6.57 Å². The van der Waals surface area contributed by atoms with E-state index in [1.54, 1.807) is 4.90 Å². The molecule has 0 spiro atoms. The predicted molar refractivity (Wildman–Crippen MR) is 169 cm³/mol. The number of ether oxygens (including phenoxy) is 1. The maximum atomic E-state index is 12.5. The topological polar surface area (TPSA) is 82.3 Å². The first-order valence-corrected chi connectivity index (χ1v) is 15.4. The lowest BCUT2D eigenvalue weighted by molar-refractivity contribution is -0.128. The highest BCUT2D eigenvalue weighted by Gasteiger charge is 2.35. The van der Waals surface area contributed by atoms with Gasteiger partial charge in [0.25, 0.3) is 0 Å². The van der Waals surface area contributed by atoms with E-state index >= 15 is 0 Å². The number of fused-ring (bicyclic) bond motifs is 2. The van der Waals surface area contributed by atoms with Gasteiger partial charge in [0.2, 0.25) is 12.5 Å². The molecule has 0 bridgehead atoms. The second kappa shape index (κ2) is 12.7. The van der Waals surface area contributed by atoms with Crippen LogP contribution in [0.2, 0.25) is 5.02 Å². The number of pyridine rings is 1. The number of carbonyl (C=O) groups excluding carboxylic acids is 1. The number of hydrogen-bond acceptors (Lipinski definition) is 8. The van der Waals surface area contributed by atoms with Gasteiger partial charge < -0.3 is 29.2 Å². The van der Waals surface area contributed by atoms with E-state index in [0.717, 1.165) is 53.0 Å². The fourth-order valence-electron chi connectivity index (χ4n) is 6.34. The summed E-state index contributed by atoms with van der Waals surface area (Å²) in [5.74, 6) is 0.692. The molecule has 1 aliphatic carbocycles. The third-order valence-corrected chi connectivity index (χ3v) is 9.31. The number of aromatic nitrogens is 3. The number of hydrogen-bond donors (Lipinski definition) is 0. The summed E-state index contributed by atoms with van der Waals surface area (Å²) in [6.45, 7) is 15.6. The minimum Gasteiger partial charge on any atom is -0.462 e. The molecule has 0 unspecified atom stereocenters. The summed E-state index contributed by atoms with van der Waals surface area (Å²) in [5, 5.41) is 2.68. The minimum atomic E-state index is -0.244. The quantitative estimate of drug-likeness (QED) is 0.267. The molecule has 3 aliphatic rings. The van der Waals surface area contributed by atoms with Crippen LogP contribution in [-0.4, -0.2) is 95.7 Å². The highest BCUT2D eigenvalue weighted by atomic mass is 35.5. The number of amides is 1. The van der Waals surface area contributed by atoms with Crippen LogP contribution in [0.5, 0.6) is 6.01 Å². The summed E-state index contributed by atoms with van der Waals surface area (Å²) >= 11 is 6.67. The first-order valence-electron chi connectivity index (χ1n) is 15.0. The van der Waals surface area contributed by atoms with E-state index in [-0.39, 0.29) is 18.5 Å². The molecule has 1 saturated carbocycles. The molecule has 0 radical (unpaired) electrons. The molecule has 4 heterocycles. The molecular formula is C32H37ClN8O2. The Morgan fingerprint density at radius 1 is 1.23 bits per heavy atom. The van der Waals surface area contributed by atoms with Crippen molar-refractivity contribution in [3.05, 3.63) is 70.9 Å². The van der Waals surface area contributed by atoms with Gasteiger partial charge >= 0.3 is 6.01 Å². The molecule has 2 aliphatic heterocycles. The van der Waals surface area contributed by atoms with Crippen molar-refractivity contribution in [3.63, 3.8) is 0 Å². The van der Waals surface area contributed by atoms with Crippen LogP contribution in [0.15, 0.2) is 43.2 Å². The summed E-state index contributed by atoms with van der Waals surface area (Å²) in [5.41, 5.74) is 2.97. The van der Waals surface area contributed by atoms with Crippen LogP contribution in [0.4, 0.5) is 11.5 Å². The van der Waals surface area contributed by atoms with Crippen molar-refractivity contribution >= 4 is 39.8 Å². The van der Waals surface area contributed by atoms with Crippen molar-refractivity contribution in [1.82, 2.24) is 24.8 Å². The minimum absolute atomic E-state index is 0.143. The number of anilines is 2. The zero-order chi connectivity index (χ0) is 29.9. The lowest BCUT2D eigenvalue weighted by atomic mass is 9.92. The molecule has 1 atom stereocenters. The molecule has 1 amide bonds. The summed E-state index contributed by atoms with van der Waals surface area (Å²) in [4.78, 5) is 39.1.